The fraction of sp³-hybridized carbons (Fsp3) is 0.409. The number of rotatable bonds is 13. The molecular weight excluding hydrogens is 549 g/mol. The molecule has 1 heterocycles. The SMILES string of the molecule is O=P(O)(O)O.O=c1[nH]c2c(O)ccc([C@@H](O)CNCCSCCCNCCc3ccccc3Cl)c2s1. The Kier molecular flexibility index (Phi) is 13.4. The number of aromatic amines is 1. The zero-order chi connectivity index (χ0) is 26.6. The number of halogens is 1. The van der Waals surface area contributed by atoms with Crippen LogP contribution < -0.4 is 15.5 Å². The quantitative estimate of drug-likeness (QED) is 0.111. The van der Waals surface area contributed by atoms with Crippen LogP contribution in [0.2, 0.25) is 5.02 Å². The van der Waals surface area contributed by atoms with Gasteiger partial charge < -0.3 is 40.5 Å². The van der Waals surface area contributed by atoms with Gasteiger partial charge in [0.2, 0.25) is 0 Å². The molecule has 0 bridgehead atoms. The Morgan fingerprint density at radius 1 is 1.06 bits per heavy atom. The molecule has 1 aromatic heterocycles. The molecule has 0 saturated carbocycles. The molecule has 0 amide bonds. The van der Waals surface area contributed by atoms with Crippen LogP contribution in [-0.4, -0.2) is 67.6 Å². The summed E-state index contributed by atoms with van der Waals surface area (Å²) in [5.74, 6) is 2.07. The van der Waals surface area contributed by atoms with Gasteiger partial charge in [0.1, 0.15) is 11.3 Å². The van der Waals surface area contributed by atoms with Crippen molar-refractivity contribution in [2.45, 2.75) is 18.9 Å². The smallest absolute Gasteiger partial charge is 0.466 e. The number of hydrogen-bond donors (Lipinski definition) is 8. The molecule has 36 heavy (non-hydrogen) atoms. The van der Waals surface area contributed by atoms with Gasteiger partial charge in [-0.3, -0.25) is 4.79 Å². The Balaban J connectivity index is 0.000000830. The molecule has 1 atom stereocenters. The van der Waals surface area contributed by atoms with Crippen LogP contribution in [0.25, 0.3) is 10.2 Å². The Hall–Kier alpha value is -1.44. The van der Waals surface area contributed by atoms with Crippen LogP contribution in [0.3, 0.4) is 0 Å². The Morgan fingerprint density at radius 2 is 1.78 bits per heavy atom. The summed E-state index contributed by atoms with van der Waals surface area (Å²) in [6.45, 7) is 3.11. The fourth-order valence-corrected chi connectivity index (χ4v) is 5.23. The van der Waals surface area contributed by atoms with Gasteiger partial charge in [-0.25, -0.2) is 4.57 Å². The number of thioether (sulfide) groups is 1. The molecule has 0 spiro atoms. The summed E-state index contributed by atoms with van der Waals surface area (Å²) in [4.78, 5) is 35.5. The van der Waals surface area contributed by atoms with Gasteiger partial charge in [0.15, 0.2) is 0 Å². The zero-order valence-electron chi connectivity index (χ0n) is 19.4. The molecule has 0 fully saturated rings. The van der Waals surface area contributed by atoms with Crippen molar-refractivity contribution >= 4 is 52.7 Å². The highest BCUT2D eigenvalue weighted by molar-refractivity contribution is 7.99. The number of hydrogen-bond acceptors (Lipinski definition) is 8. The van der Waals surface area contributed by atoms with Crippen LogP contribution in [0.15, 0.2) is 41.2 Å². The van der Waals surface area contributed by atoms with Crippen molar-refractivity contribution < 1.29 is 29.5 Å². The molecule has 0 aliphatic carbocycles. The molecule has 2 aromatic carbocycles. The molecule has 8 N–H and O–H groups in total. The van der Waals surface area contributed by atoms with E-state index in [1.807, 2.05) is 30.0 Å². The highest BCUT2D eigenvalue weighted by Gasteiger charge is 2.15. The van der Waals surface area contributed by atoms with Crippen molar-refractivity contribution in [2.75, 3.05) is 37.7 Å². The third kappa shape index (κ3) is 11.7. The Labute approximate surface area is 222 Å². The minimum absolute atomic E-state index is 0.0204. The van der Waals surface area contributed by atoms with Gasteiger partial charge in [0, 0.05) is 29.4 Å². The molecule has 3 aromatic rings. The predicted molar refractivity (Wildman–Crippen MR) is 146 cm³/mol. The maximum absolute atomic E-state index is 11.6. The van der Waals surface area contributed by atoms with E-state index in [-0.39, 0.29) is 10.6 Å². The molecule has 0 unspecified atom stereocenters. The number of thiazole rings is 1. The first kappa shape index (κ1) is 30.8. The van der Waals surface area contributed by atoms with E-state index in [9.17, 15) is 15.0 Å². The van der Waals surface area contributed by atoms with Crippen LogP contribution in [0.1, 0.15) is 23.7 Å². The van der Waals surface area contributed by atoms with Gasteiger partial charge in [-0.05, 0) is 49.4 Å². The second-order valence-corrected chi connectivity index (χ2v) is 11.3. The lowest BCUT2D eigenvalue weighted by molar-refractivity contribution is 0.177. The number of nitrogens with one attached hydrogen (secondary N) is 3. The second-order valence-electron chi connectivity index (χ2n) is 7.68. The summed E-state index contributed by atoms with van der Waals surface area (Å²) < 4.78 is 9.49. The standard InChI is InChI=1S/C22H28ClN3O3S2.H3O4P/c23-17-5-2-1-4-15(17)8-10-24-9-3-12-30-13-11-25-14-19(28)16-6-7-18(27)20-21(16)31-22(29)26-20;1-5(2,3)4/h1-2,4-7,19,24-25,27-28H,3,8-14H2,(H,26,29);(H3,1,2,3,4)/t19-;/m0./s1. The summed E-state index contributed by atoms with van der Waals surface area (Å²) in [6.07, 6.45) is 1.31. The van der Waals surface area contributed by atoms with E-state index in [1.54, 1.807) is 6.07 Å². The van der Waals surface area contributed by atoms with Gasteiger partial charge in [-0.1, -0.05) is 47.2 Å². The molecule has 10 nitrogen and oxygen atoms in total. The average Bonchev–Trinajstić information content (AvgIpc) is 3.20. The lowest BCUT2D eigenvalue weighted by Gasteiger charge is -2.13. The molecule has 0 radical (unpaired) electrons. The third-order valence-corrected chi connectivity index (χ3v) is 7.25. The first-order valence-corrected chi connectivity index (χ1v) is 15.0. The molecular formula is C22H31ClN3O7PS2. The Bertz CT molecular complexity index is 1180. The van der Waals surface area contributed by atoms with E-state index < -0.39 is 13.9 Å². The predicted octanol–water partition coefficient (Wildman–Crippen LogP) is 2.60. The molecule has 14 heteroatoms. The number of phenols is 1. The van der Waals surface area contributed by atoms with Gasteiger partial charge >= 0.3 is 12.7 Å². The summed E-state index contributed by atoms with van der Waals surface area (Å²) >= 11 is 9.04. The third-order valence-electron chi connectivity index (χ3n) is 4.88. The maximum Gasteiger partial charge on any atom is 0.466 e. The number of benzene rings is 2. The summed E-state index contributed by atoms with van der Waals surface area (Å²) in [5, 5.41) is 27.9. The molecule has 3 rings (SSSR count). The lowest BCUT2D eigenvalue weighted by Crippen LogP contribution is -2.24. The van der Waals surface area contributed by atoms with Gasteiger partial charge in [0.05, 0.1) is 10.8 Å². The van der Waals surface area contributed by atoms with Gasteiger partial charge in [0.25, 0.3) is 0 Å². The molecule has 0 saturated heterocycles. The average molecular weight is 580 g/mol. The monoisotopic (exact) mass is 579 g/mol. The maximum atomic E-state index is 11.6. The summed E-state index contributed by atoms with van der Waals surface area (Å²) in [7, 11) is -4.64. The number of aliphatic hydroxyl groups is 1. The van der Waals surface area contributed by atoms with Crippen LogP contribution in [-0.2, 0) is 11.0 Å². The van der Waals surface area contributed by atoms with Gasteiger partial charge in [-0.15, -0.1) is 0 Å². The number of phenolic OH excluding ortho intramolecular Hbond substituents is 1. The topological polar surface area (TPSA) is 175 Å². The van der Waals surface area contributed by atoms with Crippen molar-refractivity contribution in [3.63, 3.8) is 0 Å². The molecule has 200 valence electrons. The number of aromatic hydroxyl groups is 1. The van der Waals surface area contributed by atoms with Gasteiger partial charge in [-0.2, -0.15) is 11.8 Å². The summed E-state index contributed by atoms with van der Waals surface area (Å²) in [5.41, 5.74) is 2.22. The first-order chi connectivity index (χ1) is 17.1. The number of aliphatic hydroxyl groups excluding tert-OH is 1. The van der Waals surface area contributed by atoms with Crippen LogP contribution >= 0.6 is 42.5 Å². The van der Waals surface area contributed by atoms with E-state index in [0.29, 0.717) is 22.3 Å². The minimum Gasteiger partial charge on any atom is -0.506 e. The van der Waals surface area contributed by atoms with E-state index in [0.717, 1.165) is 60.3 Å². The number of H-pyrrole nitrogens is 1. The highest BCUT2D eigenvalue weighted by atomic mass is 35.5. The number of phosphoric acid groups is 1. The van der Waals surface area contributed by atoms with Crippen molar-refractivity contribution in [3.8, 4) is 5.75 Å². The van der Waals surface area contributed by atoms with Crippen LogP contribution in [0.4, 0.5) is 0 Å². The fourth-order valence-electron chi connectivity index (χ4n) is 3.25. The van der Waals surface area contributed by atoms with Crippen LogP contribution in [0, 0.1) is 0 Å². The van der Waals surface area contributed by atoms with Crippen molar-refractivity contribution in [1.29, 1.82) is 0 Å². The Morgan fingerprint density at radius 3 is 2.50 bits per heavy atom. The van der Waals surface area contributed by atoms with Crippen molar-refractivity contribution in [1.82, 2.24) is 15.6 Å². The molecule has 0 aliphatic heterocycles. The largest absolute Gasteiger partial charge is 0.506 e. The first-order valence-electron chi connectivity index (χ1n) is 11.1. The zero-order valence-corrected chi connectivity index (χ0v) is 22.7. The van der Waals surface area contributed by atoms with Crippen molar-refractivity contribution in [2.24, 2.45) is 0 Å². The highest BCUT2D eigenvalue weighted by Crippen LogP contribution is 2.31. The van der Waals surface area contributed by atoms with E-state index >= 15 is 0 Å². The van der Waals surface area contributed by atoms with E-state index in [4.69, 9.17) is 30.8 Å². The van der Waals surface area contributed by atoms with Crippen LogP contribution in [0.5, 0.6) is 5.75 Å². The van der Waals surface area contributed by atoms with E-state index in [1.165, 1.54) is 11.6 Å². The van der Waals surface area contributed by atoms with Crippen molar-refractivity contribution in [3.05, 3.63) is 62.2 Å². The summed E-state index contributed by atoms with van der Waals surface area (Å²) in [6, 6.07) is 11.1. The second kappa shape index (κ2) is 15.7. The number of fused-ring (bicyclic) bond motifs is 1. The minimum atomic E-state index is -4.64. The number of aromatic nitrogens is 1. The normalized spacial score (nSPS) is 12.4. The van der Waals surface area contributed by atoms with E-state index in [2.05, 4.69) is 21.7 Å². The lowest BCUT2D eigenvalue weighted by atomic mass is 10.1. The molecule has 0 aliphatic rings.